The topological polar surface area (TPSA) is 84.9 Å². The highest BCUT2D eigenvalue weighted by Crippen LogP contribution is 2.44. The molecule has 0 bridgehead atoms. The number of carbonyl (C=O) groups is 2. The minimum Gasteiger partial charge on any atom is -0.479 e. The van der Waals surface area contributed by atoms with Crippen LogP contribution >= 0.6 is 0 Å². The molecule has 1 atom stereocenters. The van der Waals surface area contributed by atoms with Gasteiger partial charge in [-0.3, -0.25) is 0 Å². The molecule has 10 heteroatoms. The van der Waals surface area contributed by atoms with Gasteiger partial charge in [0.2, 0.25) is 0 Å². The Labute approximate surface area is 190 Å². The van der Waals surface area contributed by atoms with Gasteiger partial charge in [-0.05, 0) is 28.3 Å². The van der Waals surface area contributed by atoms with E-state index in [-0.39, 0.29) is 12.5 Å². The first kappa shape index (κ1) is 23.1. The molecule has 1 amide bonds. The number of ether oxygens (including phenoxy) is 2. The van der Waals surface area contributed by atoms with E-state index < -0.39 is 41.6 Å². The molecular weight excluding hydrogens is 458 g/mol. The van der Waals surface area contributed by atoms with Gasteiger partial charge in [-0.15, -0.1) is 13.2 Å². The molecule has 4 rings (SSSR count). The first-order chi connectivity index (χ1) is 16.2. The quantitative estimate of drug-likeness (QED) is 0.467. The van der Waals surface area contributed by atoms with Crippen LogP contribution in [-0.2, 0) is 9.53 Å². The molecule has 34 heavy (non-hydrogen) atoms. The summed E-state index contributed by atoms with van der Waals surface area (Å²) in [5.74, 6) is -4.78. The highest BCUT2D eigenvalue weighted by molar-refractivity contribution is 5.82. The smallest absolute Gasteiger partial charge is 0.479 e. The summed E-state index contributed by atoms with van der Waals surface area (Å²) in [5, 5.41) is 11.5. The van der Waals surface area contributed by atoms with Crippen molar-refractivity contribution in [2.75, 3.05) is 6.61 Å². The summed E-state index contributed by atoms with van der Waals surface area (Å²) in [6, 6.07) is 15.7. The lowest BCUT2D eigenvalue weighted by Crippen LogP contribution is -2.35. The Bertz CT molecular complexity index is 1200. The van der Waals surface area contributed by atoms with Crippen molar-refractivity contribution in [2.45, 2.75) is 18.3 Å². The molecule has 0 radical (unpaired) electrons. The number of nitrogens with one attached hydrogen (secondary N) is 1. The monoisotopic (exact) mass is 475 g/mol. The molecule has 1 unspecified atom stereocenters. The predicted molar refractivity (Wildman–Crippen MR) is 112 cm³/mol. The fourth-order valence-corrected chi connectivity index (χ4v) is 3.98. The van der Waals surface area contributed by atoms with Gasteiger partial charge in [0.05, 0.1) is 0 Å². The van der Waals surface area contributed by atoms with Gasteiger partial charge >= 0.3 is 18.4 Å². The fourth-order valence-electron chi connectivity index (χ4n) is 3.98. The van der Waals surface area contributed by atoms with E-state index in [0.717, 1.165) is 34.4 Å². The van der Waals surface area contributed by atoms with Crippen LogP contribution in [0.1, 0.15) is 28.7 Å². The Kier molecular flexibility index (Phi) is 6.14. The number of carbonyl (C=O) groups excluding carboxylic acids is 1. The van der Waals surface area contributed by atoms with E-state index >= 15 is 0 Å². The van der Waals surface area contributed by atoms with E-state index in [1.54, 1.807) is 0 Å². The molecule has 0 aromatic heterocycles. The molecular formula is C24H17F4NO5. The Hall–Kier alpha value is -4.08. The van der Waals surface area contributed by atoms with Crippen molar-refractivity contribution >= 4 is 12.1 Å². The summed E-state index contributed by atoms with van der Waals surface area (Å²) in [6.45, 7) is -0.133. The zero-order valence-electron chi connectivity index (χ0n) is 17.3. The summed E-state index contributed by atoms with van der Waals surface area (Å²) < 4.78 is 60.8. The number of carboxylic acid groups (broad SMARTS) is 1. The lowest BCUT2D eigenvalue weighted by molar-refractivity contribution is -0.275. The number of rotatable bonds is 6. The number of amides is 1. The second kappa shape index (κ2) is 9.05. The highest BCUT2D eigenvalue weighted by atomic mass is 19.4. The first-order valence-corrected chi connectivity index (χ1v) is 10.0. The molecule has 1 aliphatic rings. The number of alkyl carbamates (subject to hydrolysis) is 1. The van der Waals surface area contributed by atoms with Gasteiger partial charge < -0.3 is 19.9 Å². The van der Waals surface area contributed by atoms with Crippen LogP contribution in [0, 0.1) is 5.82 Å². The molecule has 176 valence electrons. The van der Waals surface area contributed by atoms with Gasteiger partial charge in [-0.1, -0.05) is 60.7 Å². The largest absolute Gasteiger partial charge is 0.573 e. The maximum absolute atomic E-state index is 14.5. The predicted octanol–water partition coefficient (Wildman–Crippen LogP) is 5.39. The number of fused-ring (bicyclic) bond motifs is 3. The molecule has 0 saturated heterocycles. The van der Waals surface area contributed by atoms with E-state index in [0.29, 0.717) is 6.07 Å². The van der Waals surface area contributed by atoms with Crippen LogP contribution in [0.2, 0.25) is 0 Å². The molecule has 3 aromatic carbocycles. The zero-order valence-corrected chi connectivity index (χ0v) is 17.3. The van der Waals surface area contributed by atoms with Crippen LogP contribution in [0.3, 0.4) is 0 Å². The molecule has 0 saturated carbocycles. The Morgan fingerprint density at radius 3 is 2.09 bits per heavy atom. The second-order valence-corrected chi connectivity index (χ2v) is 7.45. The third-order valence-corrected chi connectivity index (χ3v) is 5.38. The molecule has 0 spiro atoms. The SMILES string of the molecule is O=C(NC(C(=O)O)c1cccc(OC(F)(F)F)c1F)OCC1c2ccccc2-c2ccccc21. The van der Waals surface area contributed by atoms with Gasteiger partial charge in [0.25, 0.3) is 0 Å². The number of carboxylic acids is 1. The van der Waals surface area contributed by atoms with Crippen molar-refractivity contribution in [3.8, 4) is 16.9 Å². The van der Waals surface area contributed by atoms with Crippen molar-refractivity contribution < 1.29 is 41.7 Å². The number of halogens is 4. The maximum atomic E-state index is 14.5. The zero-order chi connectivity index (χ0) is 24.5. The number of alkyl halides is 3. The van der Waals surface area contributed by atoms with Crippen LogP contribution in [0.4, 0.5) is 22.4 Å². The van der Waals surface area contributed by atoms with E-state index in [4.69, 9.17) is 4.74 Å². The fraction of sp³-hybridized carbons (Fsp3) is 0.167. The van der Waals surface area contributed by atoms with Crippen molar-refractivity contribution in [1.29, 1.82) is 0 Å². The van der Waals surface area contributed by atoms with E-state index in [9.17, 15) is 32.3 Å². The number of benzene rings is 3. The first-order valence-electron chi connectivity index (χ1n) is 10.0. The van der Waals surface area contributed by atoms with Gasteiger partial charge in [0, 0.05) is 11.5 Å². The van der Waals surface area contributed by atoms with Crippen LogP contribution in [0.15, 0.2) is 66.7 Å². The van der Waals surface area contributed by atoms with Gasteiger partial charge in [-0.2, -0.15) is 0 Å². The van der Waals surface area contributed by atoms with Crippen LogP contribution < -0.4 is 10.1 Å². The Morgan fingerprint density at radius 1 is 0.941 bits per heavy atom. The molecule has 3 aromatic rings. The van der Waals surface area contributed by atoms with Crippen molar-refractivity contribution in [3.05, 3.63) is 89.2 Å². The van der Waals surface area contributed by atoms with Crippen molar-refractivity contribution in [3.63, 3.8) is 0 Å². The Morgan fingerprint density at radius 2 is 1.53 bits per heavy atom. The van der Waals surface area contributed by atoms with Crippen LogP contribution in [0.25, 0.3) is 11.1 Å². The Balaban J connectivity index is 1.50. The van der Waals surface area contributed by atoms with Crippen LogP contribution in [-0.4, -0.2) is 30.1 Å². The maximum Gasteiger partial charge on any atom is 0.573 e. The molecule has 1 aliphatic carbocycles. The molecule has 6 nitrogen and oxygen atoms in total. The lowest BCUT2D eigenvalue weighted by Gasteiger charge is -2.19. The van der Waals surface area contributed by atoms with E-state index in [1.165, 1.54) is 0 Å². The highest BCUT2D eigenvalue weighted by Gasteiger charge is 2.35. The lowest BCUT2D eigenvalue weighted by atomic mass is 9.98. The average Bonchev–Trinajstić information content (AvgIpc) is 3.10. The number of hydrogen-bond acceptors (Lipinski definition) is 4. The van der Waals surface area contributed by atoms with Gasteiger partial charge in [-0.25, -0.2) is 14.0 Å². The third kappa shape index (κ3) is 4.66. The summed E-state index contributed by atoms with van der Waals surface area (Å²) in [6.07, 6.45) is -6.35. The van der Waals surface area contributed by atoms with Crippen molar-refractivity contribution in [2.24, 2.45) is 0 Å². The minimum absolute atomic E-state index is 0.133. The molecule has 2 N–H and O–H groups in total. The molecule has 0 heterocycles. The van der Waals surface area contributed by atoms with Gasteiger partial charge in [0.1, 0.15) is 6.61 Å². The van der Waals surface area contributed by atoms with Gasteiger partial charge in [0.15, 0.2) is 17.6 Å². The van der Waals surface area contributed by atoms with Crippen molar-refractivity contribution in [1.82, 2.24) is 5.32 Å². The second-order valence-electron chi connectivity index (χ2n) is 7.45. The molecule has 0 fully saturated rings. The third-order valence-electron chi connectivity index (χ3n) is 5.38. The summed E-state index contributed by atoms with van der Waals surface area (Å²) in [5.41, 5.74) is 3.10. The van der Waals surface area contributed by atoms with E-state index in [2.05, 4.69) is 4.74 Å². The normalized spacial score (nSPS) is 13.5. The standard InChI is InChI=1S/C24H17F4NO5/c25-20-17(10-5-11-19(20)34-24(26,27)28)21(22(30)31)29-23(32)33-12-18-15-8-3-1-6-13(15)14-7-2-4-9-16(14)18/h1-11,18,21H,12H2,(H,29,32)(H,30,31). The minimum atomic E-state index is -5.18. The summed E-state index contributed by atoms with van der Waals surface area (Å²) in [4.78, 5) is 24.1. The van der Waals surface area contributed by atoms with Crippen LogP contribution in [0.5, 0.6) is 5.75 Å². The number of aliphatic carboxylic acids is 1. The van der Waals surface area contributed by atoms with E-state index in [1.807, 2.05) is 53.8 Å². The number of hydrogen-bond donors (Lipinski definition) is 2. The molecule has 0 aliphatic heterocycles. The summed E-state index contributed by atoms with van der Waals surface area (Å²) in [7, 11) is 0. The average molecular weight is 475 g/mol. The summed E-state index contributed by atoms with van der Waals surface area (Å²) >= 11 is 0.